The van der Waals surface area contributed by atoms with Crippen LogP contribution in [0.5, 0.6) is 0 Å². The normalized spacial score (nSPS) is 11.6. The van der Waals surface area contributed by atoms with Gasteiger partial charge in [-0.1, -0.05) is 72.3 Å². The van der Waals surface area contributed by atoms with Gasteiger partial charge in [-0.3, -0.25) is 4.72 Å². The number of aromatic carboxylic acids is 1. The molecule has 0 bridgehead atoms. The Hall–Kier alpha value is -4.75. The fraction of sp³-hybridized carbons (Fsp3) is 0.0312. The lowest BCUT2D eigenvalue weighted by Gasteiger charge is -2.12. The van der Waals surface area contributed by atoms with Crippen LogP contribution in [0.2, 0.25) is 0 Å². The molecule has 0 radical (unpaired) electrons. The van der Waals surface area contributed by atoms with Gasteiger partial charge in [-0.15, -0.1) is 0 Å². The van der Waals surface area contributed by atoms with Crippen molar-refractivity contribution in [3.8, 4) is 11.1 Å². The second-order valence-corrected chi connectivity index (χ2v) is 10.8. The Morgan fingerprint density at radius 3 is 2.26 bits per heavy atom. The molecule has 0 amide bonds. The van der Waals surface area contributed by atoms with Gasteiger partial charge in [0.2, 0.25) is 0 Å². The first-order valence-corrected chi connectivity index (χ1v) is 13.6. The Bertz CT molecular complexity index is 1830. The number of hydrogen-bond acceptors (Lipinski definition) is 3. The lowest BCUT2D eigenvalue weighted by molar-refractivity contribution is 0.0696. The van der Waals surface area contributed by atoms with Gasteiger partial charge in [-0.25, -0.2) is 17.6 Å². The van der Waals surface area contributed by atoms with Gasteiger partial charge < -0.3 is 5.11 Å². The topological polar surface area (TPSA) is 83.5 Å². The van der Waals surface area contributed by atoms with Crippen LogP contribution in [0, 0.1) is 12.7 Å². The molecular formula is C32H24FNO4S. The highest BCUT2D eigenvalue weighted by Gasteiger charge is 2.15. The van der Waals surface area contributed by atoms with E-state index in [-0.39, 0.29) is 16.3 Å². The van der Waals surface area contributed by atoms with Crippen molar-refractivity contribution in [1.29, 1.82) is 0 Å². The van der Waals surface area contributed by atoms with E-state index in [1.807, 2.05) is 31.2 Å². The molecule has 0 unspecified atom stereocenters. The summed E-state index contributed by atoms with van der Waals surface area (Å²) in [6.07, 6.45) is 3.48. The van der Waals surface area contributed by atoms with Crippen molar-refractivity contribution < 1.29 is 22.7 Å². The summed E-state index contributed by atoms with van der Waals surface area (Å²) < 4.78 is 42.1. The summed E-state index contributed by atoms with van der Waals surface area (Å²) in [6, 6.07) is 28.6. The predicted molar refractivity (Wildman–Crippen MR) is 154 cm³/mol. The molecule has 5 nitrogen and oxygen atoms in total. The number of halogens is 1. The molecular weight excluding hydrogens is 513 g/mol. The second kappa shape index (κ2) is 10.6. The zero-order valence-electron chi connectivity index (χ0n) is 20.9. The van der Waals surface area contributed by atoms with Gasteiger partial charge in [0, 0.05) is 5.39 Å². The van der Waals surface area contributed by atoms with Crippen molar-refractivity contribution in [2.24, 2.45) is 0 Å². The maximum Gasteiger partial charge on any atom is 0.336 e. The Morgan fingerprint density at radius 2 is 1.54 bits per heavy atom. The minimum absolute atomic E-state index is 0.129. The van der Waals surface area contributed by atoms with Gasteiger partial charge in [0.1, 0.15) is 5.82 Å². The van der Waals surface area contributed by atoms with Gasteiger partial charge in [0.05, 0.1) is 16.1 Å². The second-order valence-electron chi connectivity index (χ2n) is 9.15. The van der Waals surface area contributed by atoms with Crippen LogP contribution in [0.3, 0.4) is 0 Å². The van der Waals surface area contributed by atoms with Gasteiger partial charge >= 0.3 is 5.97 Å². The van der Waals surface area contributed by atoms with Gasteiger partial charge in [-0.2, -0.15) is 0 Å². The fourth-order valence-corrected chi connectivity index (χ4v) is 5.39. The minimum Gasteiger partial charge on any atom is -0.478 e. The smallest absolute Gasteiger partial charge is 0.336 e. The molecule has 7 heteroatoms. The van der Waals surface area contributed by atoms with Crippen LogP contribution in [0.1, 0.15) is 27.0 Å². The van der Waals surface area contributed by atoms with Crippen molar-refractivity contribution >= 4 is 44.6 Å². The third kappa shape index (κ3) is 5.73. The van der Waals surface area contributed by atoms with E-state index in [4.69, 9.17) is 0 Å². The summed E-state index contributed by atoms with van der Waals surface area (Å²) in [7, 11) is -3.80. The van der Waals surface area contributed by atoms with Crippen molar-refractivity contribution in [3.63, 3.8) is 0 Å². The van der Waals surface area contributed by atoms with Crippen LogP contribution in [-0.2, 0) is 10.0 Å². The lowest BCUT2D eigenvalue weighted by atomic mass is 9.98. The van der Waals surface area contributed by atoms with Crippen LogP contribution in [0.25, 0.3) is 34.1 Å². The molecule has 0 atom stereocenters. The monoisotopic (exact) mass is 537 g/mol. The molecule has 0 saturated heterocycles. The number of sulfonamides is 1. The summed E-state index contributed by atoms with van der Waals surface area (Å²) >= 11 is 0. The van der Waals surface area contributed by atoms with Crippen LogP contribution in [0.4, 0.5) is 10.1 Å². The Labute approximate surface area is 225 Å². The van der Waals surface area contributed by atoms with Gasteiger partial charge in [0.25, 0.3) is 10.0 Å². The molecule has 0 aliphatic rings. The molecule has 5 rings (SSSR count). The van der Waals surface area contributed by atoms with Crippen molar-refractivity contribution in [1.82, 2.24) is 0 Å². The van der Waals surface area contributed by atoms with E-state index >= 15 is 0 Å². The maximum atomic E-state index is 13.4. The molecule has 0 aromatic heterocycles. The average molecular weight is 538 g/mol. The van der Waals surface area contributed by atoms with E-state index in [0.717, 1.165) is 27.6 Å². The zero-order chi connectivity index (χ0) is 27.6. The molecule has 0 aliphatic heterocycles. The number of benzene rings is 5. The molecule has 5 aromatic carbocycles. The third-order valence-corrected chi connectivity index (χ3v) is 7.78. The number of carboxylic acids is 1. The number of rotatable bonds is 7. The number of carboxylic acid groups (broad SMARTS) is 1. The largest absolute Gasteiger partial charge is 0.478 e. The fourth-order valence-electron chi connectivity index (χ4n) is 4.31. The summed E-state index contributed by atoms with van der Waals surface area (Å²) in [5.41, 5.74) is 4.29. The number of anilines is 1. The number of hydrogen-bond donors (Lipinski definition) is 2. The van der Waals surface area contributed by atoms with E-state index in [1.165, 1.54) is 18.2 Å². The highest BCUT2D eigenvalue weighted by Crippen LogP contribution is 2.29. The average Bonchev–Trinajstić information content (AvgIpc) is 2.92. The molecule has 5 aromatic rings. The quantitative estimate of drug-likeness (QED) is 0.209. The molecule has 0 fully saturated rings. The number of aryl methyl sites for hydroxylation is 1. The van der Waals surface area contributed by atoms with E-state index in [1.54, 1.807) is 72.8 Å². The highest BCUT2D eigenvalue weighted by atomic mass is 32.2. The first-order valence-electron chi connectivity index (χ1n) is 12.1. The number of fused-ring (bicyclic) bond motifs is 1. The minimum atomic E-state index is -3.80. The summed E-state index contributed by atoms with van der Waals surface area (Å²) in [5, 5.41) is 11.3. The van der Waals surface area contributed by atoms with Crippen LogP contribution >= 0.6 is 0 Å². The van der Waals surface area contributed by atoms with E-state index in [0.29, 0.717) is 16.6 Å². The van der Waals surface area contributed by atoms with Crippen molar-refractivity contribution in [2.75, 3.05) is 4.72 Å². The van der Waals surface area contributed by atoms with Crippen LogP contribution in [-0.4, -0.2) is 19.5 Å². The Morgan fingerprint density at radius 1 is 0.821 bits per heavy atom. The Balaban J connectivity index is 1.50. The molecule has 39 heavy (non-hydrogen) atoms. The first kappa shape index (κ1) is 25.9. The van der Waals surface area contributed by atoms with Crippen LogP contribution in [0.15, 0.2) is 108 Å². The molecule has 0 saturated carbocycles. The SMILES string of the molecule is Cc1ccc(S(=O)(=O)Nc2cccc3ccc(/C=C/c4cc(-c5ccc(F)cc5)ccc4C(=O)O)cc23)cc1. The molecule has 0 spiro atoms. The molecule has 0 heterocycles. The van der Waals surface area contributed by atoms with Gasteiger partial charge in [-0.05, 0) is 83.1 Å². The van der Waals surface area contributed by atoms with E-state index in [9.17, 15) is 22.7 Å². The predicted octanol–water partition coefficient (Wildman–Crippen LogP) is 7.62. The standard InChI is InChI=1S/C32H24FNO4S/c1-21-5-16-28(17-6-21)39(37,38)34-31-4-2-3-24-9-7-22(19-30(24)31)8-10-26-20-25(13-18-29(26)32(35)36)23-11-14-27(33)15-12-23/h2-20,34H,1H3,(H,35,36)/b10-8+. The number of carbonyl (C=O) groups is 1. The van der Waals surface area contributed by atoms with Gasteiger partial charge in [0.15, 0.2) is 0 Å². The summed E-state index contributed by atoms with van der Waals surface area (Å²) in [6.45, 7) is 1.89. The number of nitrogens with one attached hydrogen (secondary N) is 1. The van der Waals surface area contributed by atoms with E-state index in [2.05, 4.69) is 4.72 Å². The molecule has 194 valence electrons. The summed E-state index contributed by atoms with van der Waals surface area (Å²) in [5.74, 6) is -1.41. The molecule has 2 N–H and O–H groups in total. The van der Waals surface area contributed by atoms with Crippen molar-refractivity contribution in [3.05, 3.63) is 131 Å². The molecule has 0 aliphatic carbocycles. The first-order chi connectivity index (χ1) is 18.7. The van der Waals surface area contributed by atoms with E-state index < -0.39 is 16.0 Å². The third-order valence-electron chi connectivity index (χ3n) is 6.40. The Kier molecular flexibility index (Phi) is 7.00. The lowest BCUT2D eigenvalue weighted by Crippen LogP contribution is -2.13. The summed E-state index contributed by atoms with van der Waals surface area (Å²) in [4.78, 5) is 12.0. The van der Waals surface area contributed by atoms with Crippen molar-refractivity contribution in [2.45, 2.75) is 11.8 Å². The van der Waals surface area contributed by atoms with Crippen LogP contribution < -0.4 is 4.72 Å². The highest BCUT2D eigenvalue weighted by molar-refractivity contribution is 7.92. The zero-order valence-corrected chi connectivity index (χ0v) is 21.7. The maximum absolute atomic E-state index is 13.4.